The molecule has 0 spiro atoms. The van der Waals surface area contributed by atoms with E-state index >= 15 is 0 Å². The number of aromatic nitrogens is 3. The number of methoxy groups -OCH3 is 1. The summed E-state index contributed by atoms with van der Waals surface area (Å²) in [4.78, 5) is 31.5. The third kappa shape index (κ3) is 4.06. The second-order valence-corrected chi connectivity index (χ2v) is 9.92. The number of carbonyl (C=O) groups excluding carboxylic acids is 1. The lowest BCUT2D eigenvalue weighted by Gasteiger charge is -2.35. The Hall–Kier alpha value is -2.95. The second kappa shape index (κ2) is 9.01. The van der Waals surface area contributed by atoms with Crippen molar-refractivity contribution in [3.63, 3.8) is 0 Å². The van der Waals surface area contributed by atoms with Gasteiger partial charge in [0.25, 0.3) is 0 Å². The Morgan fingerprint density at radius 2 is 2.12 bits per heavy atom. The quantitative estimate of drug-likeness (QED) is 0.496. The van der Waals surface area contributed by atoms with Crippen LogP contribution >= 0.6 is 11.8 Å². The minimum Gasteiger partial charge on any atom is -0.481 e. The third-order valence-electron chi connectivity index (χ3n) is 6.82. The predicted molar refractivity (Wildman–Crippen MR) is 132 cm³/mol. The number of nitrogens with zero attached hydrogens (tertiary/aromatic N) is 5. The van der Waals surface area contributed by atoms with Crippen LogP contribution in [0.4, 0.5) is 11.5 Å². The van der Waals surface area contributed by atoms with Gasteiger partial charge in [-0.05, 0) is 30.7 Å². The van der Waals surface area contributed by atoms with Crippen molar-refractivity contribution in [3.8, 4) is 5.88 Å². The number of rotatable bonds is 7. The van der Waals surface area contributed by atoms with E-state index in [1.54, 1.807) is 7.11 Å². The molecule has 9 nitrogen and oxygen atoms in total. The first-order chi connectivity index (χ1) is 16.7. The number of amides is 1. The maximum absolute atomic E-state index is 11.6. The van der Waals surface area contributed by atoms with Crippen LogP contribution in [-0.2, 0) is 11.3 Å². The number of anilines is 2. The van der Waals surface area contributed by atoms with Crippen molar-refractivity contribution in [3.05, 3.63) is 42.2 Å². The molecular formula is C24H27N7O2S. The fourth-order valence-electron chi connectivity index (χ4n) is 5.20. The molecule has 3 aliphatic heterocycles. The Morgan fingerprint density at radius 1 is 1.18 bits per heavy atom. The molecule has 0 aromatic carbocycles. The van der Waals surface area contributed by atoms with E-state index in [1.165, 1.54) is 18.2 Å². The van der Waals surface area contributed by atoms with Crippen molar-refractivity contribution in [2.45, 2.75) is 29.9 Å². The number of hydrogen-bond acceptors (Lipinski definition) is 9. The fourth-order valence-corrected chi connectivity index (χ4v) is 5.96. The van der Waals surface area contributed by atoms with Crippen molar-refractivity contribution < 1.29 is 9.53 Å². The zero-order valence-electron chi connectivity index (χ0n) is 19.0. The maximum Gasteiger partial charge on any atom is 0.235 e. The van der Waals surface area contributed by atoms with Gasteiger partial charge < -0.3 is 20.3 Å². The highest BCUT2D eigenvalue weighted by Gasteiger charge is 2.43. The van der Waals surface area contributed by atoms with Crippen molar-refractivity contribution in [1.29, 1.82) is 0 Å². The van der Waals surface area contributed by atoms with Gasteiger partial charge in [0.15, 0.2) is 0 Å². The smallest absolute Gasteiger partial charge is 0.235 e. The van der Waals surface area contributed by atoms with Crippen molar-refractivity contribution in [2.24, 2.45) is 0 Å². The van der Waals surface area contributed by atoms with Crippen molar-refractivity contribution >= 4 is 40.2 Å². The normalized spacial score (nSPS) is 21.7. The molecule has 34 heavy (non-hydrogen) atoms. The Bertz CT molecular complexity index is 1240. The fraction of sp³-hybridized carbons (Fsp3) is 0.417. The summed E-state index contributed by atoms with van der Waals surface area (Å²) in [5.74, 6) is 1.79. The van der Waals surface area contributed by atoms with Crippen LogP contribution in [0.3, 0.4) is 0 Å². The molecule has 6 heterocycles. The first-order valence-electron chi connectivity index (χ1n) is 11.6. The number of pyridine rings is 3. The average Bonchev–Trinajstić information content (AvgIpc) is 3.46. The predicted octanol–water partition coefficient (Wildman–Crippen LogP) is 2.13. The Morgan fingerprint density at radius 3 is 2.97 bits per heavy atom. The molecule has 2 fully saturated rings. The van der Waals surface area contributed by atoms with Gasteiger partial charge >= 0.3 is 0 Å². The van der Waals surface area contributed by atoms with E-state index in [9.17, 15) is 4.79 Å². The highest BCUT2D eigenvalue weighted by molar-refractivity contribution is 8.00. The minimum atomic E-state index is 0.0166. The van der Waals surface area contributed by atoms with Gasteiger partial charge in [-0.15, -0.1) is 11.8 Å². The number of fused-ring (bicyclic) bond motifs is 4. The molecule has 0 radical (unpaired) electrons. The standard InChI is InChI=1S/C24H27N7O2S/c1-33-22-5-3-18-23(29-22)19(6-7-26-18)31-13-16-10-17(31)12-30(16)9-8-25-11-15-2-4-20-24(27-15)28-21(32)14-34-20/h2-7,16-17,25H,8-14H2,1H3,(H,27,28,32)/t16-,17-/m1/s1. The van der Waals surface area contributed by atoms with Crippen LogP contribution in [0, 0.1) is 0 Å². The van der Waals surface area contributed by atoms with E-state index in [2.05, 4.69) is 41.5 Å². The lowest BCUT2D eigenvalue weighted by Crippen LogP contribution is -2.48. The number of likely N-dealkylation sites (tertiary alicyclic amines) is 1. The highest BCUT2D eigenvalue weighted by Crippen LogP contribution is 2.37. The summed E-state index contributed by atoms with van der Waals surface area (Å²) in [6, 6.07) is 11.0. The van der Waals surface area contributed by atoms with Gasteiger partial charge in [0.2, 0.25) is 11.8 Å². The zero-order valence-corrected chi connectivity index (χ0v) is 19.8. The summed E-state index contributed by atoms with van der Waals surface area (Å²) in [7, 11) is 1.65. The SMILES string of the molecule is COc1ccc2nccc(N3C[C@H]4C[C@@H]3CN4CCNCc3ccc4c(n3)NC(=O)CS4)c2n1. The molecule has 0 aliphatic carbocycles. The molecule has 6 rings (SSSR count). The van der Waals surface area contributed by atoms with Gasteiger partial charge in [0.05, 0.1) is 34.7 Å². The molecule has 2 bridgehead atoms. The first kappa shape index (κ1) is 21.6. The van der Waals surface area contributed by atoms with Gasteiger partial charge in [-0.3, -0.25) is 14.7 Å². The van der Waals surface area contributed by atoms with E-state index in [0.717, 1.165) is 53.5 Å². The van der Waals surface area contributed by atoms with E-state index in [0.29, 0.717) is 36.1 Å². The number of nitrogens with one attached hydrogen (secondary N) is 2. The van der Waals surface area contributed by atoms with Crippen LogP contribution in [-0.4, -0.2) is 76.9 Å². The molecule has 3 aromatic rings. The second-order valence-electron chi connectivity index (χ2n) is 8.91. The van der Waals surface area contributed by atoms with Crippen LogP contribution in [0.2, 0.25) is 0 Å². The van der Waals surface area contributed by atoms with Gasteiger partial charge in [0, 0.05) is 57.1 Å². The summed E-state index contributed by atoms with van der Waals surface area (Å²) in [5.41, 5.74) is 3.91. The van der Waals surface area contributed by atoms with Crippen LogP contribution in [0.25, 0.3) is 11.0 Å². The zero-order chi connectivity index (χ0) is 23.1. The van der Waals surface area contributed by atoms with Gasteiger partial charge in [-0.1, -0.05) is 0 Å². The number of carbonyl (C=O) groups is 1. The van der Waals surface area contributed by atoms with Gasteiger partial charge in [0.1, 0.15) is 11.3 Å². The Kier molecular flexibility index (Phi) is 5.72. The topological polar surface area (TPSA) is 95.5 Å². The lowest BCUT2D eigenvalue weighted by atomic mass is 10.2. The molecule has 1 amide bonds. The van der Waals surface area contributed by atoms with Crippen molar-refractivity contribution in [2.75, 3.05) is 49.3 Å². The minimum absolute atomic E-state index is 0.0166. The molecule has 0 saturated carbocycles. The average molecular weight is 478 g/mol. The van der Waals surface area contributed by atoms with E-state index in [4.69, 9.17) is 4.74 Å². The molecule has 0 unspecified atom stereocenters. The summed E-state index contributed by atoms with van der Waals surface area (Å²) in [6.07, 6.45) is 3.05. The molecular weight excluding hydrogens is 450 g/mol. The van der Waals surface area contributed by atoms with Crippen LogP contribution in [0.5, 0.6) is 5.88 Å². The number of ether oxygens (including phenoxy) is 1. The molecule has 2 saturated heterocycles. The Balaban J connectivity index is 1.04. The molecule has 176 valence electrons. The van der Waals surface area contributed by atoms with Crippen molar-refractivity contribution in [1.82, 2.24) is 25.2 Å². The molecule has 3 aliphatic rings. The summed E-state index contributed by atoms with van der Waals surface area (Å²) < 4.78 is 5.34. The summed E-state index contributed by atoms with van der Waals surface area (Å²) >= 11 is 1.54. The number of piperazine rings is 1. The summed E-state index contributed by atoms with van der Waals surface area (Å²) in [5, 5.41) is 6.38. The largest absolute Gasteiger partial charge is 0.481 e. The molecule has 10 heteroatoms. The third-order valence-corrected chi connectivity index (χ3v) is 7.87. The van der Waals surface area contributed by atoms with Crippen LogP contribution in [0.1, 0.15) is 12.1 Å². The first-order valence-corrected chi connectivity index (χ1v) is 12.6. The van der Waals surface area contributed by atoms with E-state index < -0.39 is 0 Å². The van der Waals surface area contributed by atoms with Crippen LogP contribution < -0.4 is 20.3 Å². The molecule has 2 atom stereocenters. The number of hydrogen-bond donors (Lipinski definition) is 2. The summed E-state index contributed by atoms with van der Waals surface area (Å²) in [6.45, 7) is 4.67. The van der Waals surface area contributed by atoms with Gasteiger partial charge in [-0.2, -0.15) is 0 Å². The molecule has 3 aromatic heterocycles. The van der Waals surface area contributed by atoms with E-state index in [1.807, 2.05) is 30.5 Å². The monoisotopic (exact) mass is 477 g/mol. The number of thioether (sulfide) groups is 1. The van der Waals surface area contributed by atoms with E-state index in [-0.39, 0.29) is 5.91 Å². The molecule has 2 N–H and O–H groups in total. The lowest BCUT2D eigenvalue weighted by molar-refractivity contribution is -0.113. The maximum atomic E-state index is 11.6. The Labute approximate surface area is 202 Å². The van der Waals surface area contributed by atoms with Gasteiger partial charge in [-0.25, -0.2) is 9.97 Å². The highest BCUT2D eigenvalue weighted by atomic mass is 32.2. The van der Waals surface area contributed by atoms with Crippen LogP contribution in [0.15, 0.2) is 41.4 Å².